The van der Waals surface area contributed by atoms with Crippen molar-refractivity contribution in [2.45, 2.75) is 39.0 Å². The van der Waals surface area contributed by atoms with Crippen LogP contribution in [0.3, 0.4) is 0 Å². The maximum Gasteiger partial charge on any atom is 0.220 e. The molecule has 0 saturated heterocycles. The highest BCUT2D eigenvalue weighted by atomic mass is 79.9. The molecule has 2 aliphatic carbocycles. The van der Waals surface area contributed by atoms with Crippen molar-refractivity contribution in [1.29, 1.82) is 0 Å². The maximum atomic E-state index is 11.8. The zero-order chi connectivity index (χ0) is 11.5. The van der Waals surface area contributed by atoms with Crippen LogP contribution in [-0.4, -0.2) is 17.8 Å². The zero-order valence-corrected chi connectivity index (χ0v) is 11.6. The van der Waals surface area contributed by atoms with Gasteiger partial charge in [0.15, 0.2) is 0 Å². The number of amides is 1. The van der Waals surface area contributed by atoms with Gasteiger partial charge in [-0.2, -0.15) is 0 Å². The molecular weight excluding hydrogens is 266 g/mol. The highest BCUT2D eigenvalue weighted by Gasteiger charge is 2.39. The van der Waals surface area contributed by atoms with Crippen molar-refractivity contribution in [3.05, 3.63) is 0 Å². The average Bonchev–Trinajstić information content (AvgIpc) is 2.87. The van der Waals surface area contributed by atoms with Crippen LogP contribution in [0.15, 0.2) is 0 Å². The Morgan fingerprint density at radius 2 is 2.25 bits per heavy atom. The molecule has 3 heteroatoms. The van der Waals surface area contributed by atoms with Crippen LogP contribution in [0.25, 0.3) is 0 Å². The molecule has 0 aromatic carbocycles. The number of fused-ring (bicyclic) bond motifs is 2. The summed E-state index contributed by atoms with van der Waals surface area (Å²) in [5, 5.41) is 4.01. The van der Waals surface area contributed by atoms with Gasteiger partial charge in [-0.1, -0.05) is 29.3 Å². The van der Waals surface area contributed by atoms with Crippen LogP contribution >= 0.6 is 15.9 Å². The average molecular weight is 288 g/mol. The van der Waals surface area contributed by atoms with E-state index in [9.17, 15) is 4.79 Å². The molecule has 2 saturated carbocycles. The third kappa shape index (κ3) is 2.99. The number of hydrogen-bond acceptors (Lipinski definition) is 1. The number of carbonyl (C=O) groups excluding carboxylic acids is 1. The molecule has 16 heavy (non-hydrogen) atoms. The number of nitrogens with one attached hydrogen (secondary N) is 1. The highest BCUT2D eigenvalue weighted by Crippen LogP contribution is 2.49. The minimum Gasteiger partial charge on any atom is -0.356 e. The Kier molecular flexibility index (Phi) is 4.28. The van der Waals surface area contributed by atoms with Crippen molar-refractivity contribution in [3.63, 3.8) is 0 Å². The van der Waals surface area contributed by atoms with Gasteiger partial charge in [0, 0.05) is 18.3 Å². The molecule has 0 aromatic heterocycles. The van der Waals surface area contributed by atoms with Gasteiger partial charge < -0.3 is 5.32 Å². The van der Waals surface area contributed by atoms with Crippen LogP contribution in [0.1, 0.15) is 39.0 Å². The third-order valence-corrected chi connectivity index (χ3v) is 5.35. The van der Waals surface area contributed by atoms with Crippen molar-refractivity contribution < 1.29 is 4.79 Å². The molecule has 0 heterocycles. The summed E-state index contributed by atoms with van der Waals surface area (Å²) in [6, 6.07) is 0. The predicted molar refractivity (Wildman–Crippen MR) is 69.5 cm³/mol. The first-order chi connectivity index (χ1) is 7.69. The second kappa shape index (κ2) is 5.52. The number of rotatable bonds is 5. The van der Waals surface area contributed by atoms with Crippen molar-refractivity contribution in [2.24, 2.45) is 23.7 Å². The SMILES string of the molecule is CC(CBr)CNC(=O)CC1CC2CCC1C2. The maximum absolute atomic E-state index is 11.8. The van der Waals surface area contributed by atoms with E-state index in [4.69, 9.17) is 0 Å². The molecule has 0 aromatic rings. The lowest BCUT2D eigenvalue weighted by molar-refractivity contribution is -0.122. The molecule has 2 aliphatic rings. The van der Waals surface area contributed by atoms with Gasteiger partial charge in [-0.3, -0.25) is 4.79 Å². The lowest BCUT2D eigenvalue weighted by Gasteiger charge is -2.21. The summed E-state index contributed by atoms with van der Waals surface area (Å²) in [5.74, 6) is 3.31. The first-order valence-corrected chi connectivity index (χ1v) is 7.63. The highest BCUT2D eigenvalue weighted by molar-refractivity contribution is 9.09. The molecule has 1 amide bonds. The van der Waals surface area contributed by atoms with Crippen LogP contribution in [-0.2, 0) is 4.79 Å². The quantitative estimate of drug-likeness (QED) is 0.774. The third-order valence-electron chi connectivity index (χ3n) is 4.24. The topological polar surface area (TPSA) is 29.1 Å². The molecule has 0 spiro atoms. The molecule has 2 nitrogen and oxygen atoms in total. The lowest BCUT2D eigenvalue weighted by atomic mass is 9.86. The molecule has 0 radical (unpaired) electrons. The van der Waals surface area contributed by atoms with E-state index in [0.717, 1.165) is 30.1 Å². The van der Waals surface area contributed by atoms with Gasteiger partial charge in [0.25, 0.3) is 0 Å². The standard InChI is InChI=1S/C13H22BrNO/c1-9(7-14)8-15-13(16)6-12-5-10-2-3-11(12)4-10/h9-12H,2-8H2,1H3,(H,15,16). The molecule has 4 unspecified atom stereocenters. The molecule has 92 valence electrons. The largest absolute Gasteiger partial charge is 0.356 e. The van der Waals surface area contributed by atoms with E-state index in [0.29, 0.717) is 11.8 Å². The summed E-state index contributed by atoms with van der Waals surface area (Å²) in [6.07, 6.45) is 6.28. The van der Waals surface area contributed by atoms with Gasteiger partial charge in [0.2, 0.25) is 5.91 Å². The van der Waals surface area contributed by atoms with E-state index in [1.807, 2.05) is 0 Å². The summed E-state index contributed by atoms with van der Waals surface area (Å²) in [6.45, 7) is 2.96. The van der Waals surface area contributed by atoms with Crippen molar-refractivity contribution >= 4 is 21.8 Å². The van der Waals surface area contributed by atoms with Gasteiger partial charge in [0.05, 0.1) is 0 Å². The van der Waals surface area contributed by atoms with Crippen LogP contribution in [0.5, 0.6) is 0 Å². The normalized spacial score (nSPS) is 34.0. The van der Waals surface area contributed by atoms with E-state index in [1.165, 1.54) is 25.7 Å². The van der Waals surface area contributed by atoms with E-state index in [1.54, 1.807) is 0 Å². The van der Waals surface area contributed by atoms with E-state index >= 15 is 0 Å². The monoisotopic (exact) mass is 287 g/mol. The molecular formula is C13H22BrNO. The Morgan fingerprint density at radius 1 is 1.44 bits per heavy atom. The molecule has 2 bridgehead atoms. The molecule has 2 rings (SSSR count). The summed E-state index contributed by atoms with van der Waals surface area (Å²) in [4.78, 5) is 11.8. The van der Waals surface area contributed by atoms with E-state index < -0.39 is 0 Å². The molecule has 1 N–H and O–H groups in total. The fraction of sp³-hybridized carbons (Fsp3) is 0.923. The molecule has 2 fully saturated rings. The Hall–Kier alpha value is -0.0500. The van der Waals surface area contributed by atoms with Crippen molar-refractivity contribution in [3.8, 4) is 0 Å². The Balaban J connectivity index is 1.67. The van der Waals surface area contributed by atoms with Gasteiger partial charge in [0.1, 0.15) is 0 Å². The number of alkyl halides is 1. The zero-order valence-electron chi connectivity index (χ0n) is 10.0. The summed E-state index contributed by atoms with van der Waals surface area (Å²) in [7, 11) is 0. The lowest BCUT2D eigenvalue weighted by Crippen LogP contribution is -2.31. The van der Waals surface area contributed by atoms with Gasteiger partial charge in [-0.05, 0) is 42.9 Å². The fourth-order valence-electron chi connectivity index (χ4n) is 3.28. The van der Waals surface area contributed by atoms with Crippen molar-refractivity contribution in [1.82, 2.24) is 5.32 Å². The van der Waals surface area contributed by atoms with Gasteiger partial charge in [-0.25, -0.2) is 0 Å². The first-order valence-electron chi connectivity index (χ1n) is 6.51. The minimum atomic E-state index is 0.269. The second-order valence-electron chi connectivity index (χ2n) is 5.70. The number of carbonyl (C=O) groups is 1. The summed E-state index contributed by atoms with van der Waals surface area (Å²) < 4.78 is 0. The number of hydrogen-bond donors (Lipinski definition) is 1. The predicted octanol–water partition coefficient (Wildman–Crippen LogP) is 2.96. The van der Waals surface area contributed by atoms with E-state index in [-0.39, 0.29) is 5.91 Å². The van der Waals surface area contributed by atoms with Gasteiger partial charge in [-0.15, -0.1) is 0 Å². The van der Waals surface area contributed by atoms with Crippen LogP contribution in [0.2, 0.25) is 0 Å². The summed E-state index contributed by atoms with van der Waals surface area (Å²) in [5.41, 5.74) is 0. The summed E-state index contributed by atoms with van der Waals surface area (Å²) >= 11 is 3.43. The Bertz CT molecular complexity index is 256. The minimum absolute atomic E-state index is 0.269. The molecule has 4 atom stereocenters. The van der Waals surface area contributed by atoms with Crippen molar-refractivity contribution in [2.75, 3.05) is 11.9 Å². The second-order valence-corrected chi connectivity index (χ2v) is 6.35. The van der Waals surface area contributed by atoms with Crippen LogP contribution in [0, 0.1) is 23.7 Å². The fourth-order valence-corrected chi connectivity index (χ4v) is 3.51. The first kappa shape index (κ1) is 12.4. The van der Waals surface area contributed by atoms with Crippen LogP contribution in [0.4, 0.5) is 0 Å². The van der Waals surface area contributed by atoms with Crippen LogP contribution < -0.4 is 5.32 Å². The Morgan fingerprint density at radius 3 is 2.81 bits per heavy atom. The Labute approximate surface area is 107 Å². The number of halogens is 1. The smallest absolute Gasteiger partial charge is 0.220 e. The molecule has 0 aliphatic heterocycles. The van der Waals surface area contributed by atoms with E-state index in [2.05, 4.69) is 28.2 Å². The van der Waals surface area contributed by atoms with Gasteiger partial charge >= 0.3 is 0 Å².